The molecule has 0 radical (unpaired) electrons. The molecule has 3 fully saturated rings. The van der Waals surface area contributed by atoms with E-state index in [1.807, 2.05) is 32.9 Å². The molecule has 212 valence electrons. The highest BCUT2D eigenvalue weighted by Gasteiger charge is 2.58. The van der Waals surface area contributed by atoms with Crippen molar-refractivity contribution in [3.63, 3.8) is 0 Å². The van der Waals surface area contributed by atoms with Crippen molar-refractivity contribution in [3.05, 3.63) is 88.2 Å². The van der Waals surface area contributed by atoms with Gasteiger partial charge < -0.3 is 15.4 Å². The number of hydrogen-bond donors (Lipinski definition) is 3. The van der Waals surface area contributed by atoms with E-state index in [1.54, 1.807) is 30.5 Å². The zero-order valence-corrected chi connectivity index (χ0v) is 24.3. The summed E-state index contributed by atoms with van der Waals surface area (Å²) in [5, 5.41) is 10.1. The van der Waals surface area contributed by atoms with Gasteiger partial charge in [-0.2, -0.15) is 0 Å². The number of nitrogens with one attached hydrogen (secondary N) is 3. The minimum absolute atomic E-state index is 0.124. The molecule has 4 aliphatic carbocycles. The molecule has 41 heavy (non-hydrogen) atoms. The zero-order chi connectivity index (χ0) is 28.8. The van der Waals surface area contributed by atoms with Crippen LogP contribution >= 0.6 is 11.6 Å². The van der Waals surface area contributed by atoms with Gasteiger partial charge in [0.05, 0.1) is 16.9 Å². The maximum atomic E-state index is 13.2. The standard InChI is InChI=1S/C32H34ClN5O3/c1-30(2,3)41-29(40)35-22-12-9-21(10-13-22)27(39)37-31-15-6-16-32(18-31,19-31)38-28-34-17-25(33)26(36-28)24-14-11-20-7-4-5-8-23(20)24/h4-5,7-10,12-14,17H,6,11,15-16,18-19H2,1-3H3,(H,35,40)(H,37,39)(H,34,36,38). The van der Waals surface area contributed by atoms with Gasteiger partial charge in [0, 0.05) is 27.9 Å². The van der Waals surface area contributed by atoms with E-state index in [9.17, 15) is 9.59 Å². The van der Waals surface area contributed by atoms with Gasteiger partial charge in [-0.25, -0.2) is 14.8 Å². The molecule has 4 aliphatic rings. The summed E-state index contributed by atoms with van der Waals surface area (Å²) in [6.45, 7) is 5.42. The summed E-state index contributed by atoms with van der Waals surface area (Å²) in [7, 11) is 0. The van der Waals surface area contributed by atoms with Gasteiger partial charge in [-0.1, -0.05) is 41.9 Å². The largest absolute Gasteiger partial charge is 0.444 e. The number of hydrogen-bond acceptors (Lipinski definition) is 6. The van der Waals surface area contributed by atoms with E-state index in [4.69, 9.17) is 21.3 Å². The molecule has 3 aromatic rings. The van der Waals surface area contributed by atoms with Gasteiger partial charge in [-0.3, -0.25) is 10.1 Å². The van der Waals surface area contributed by atoms with Crippen LogP contribution in [0.1, 0.15) is 80.1 Å². The second-order valence-electron chi connectivity index (χ2n) is 12.4. The van der Waals surface area contributed by atoms with Crippen LogP contribution in [0.25, 0.3) is 5.57 Å². The number of carbonyl (C=O) groups excluding carboxylic acids is 2. The van der Waals surface area contributed by atoms with E-state index < -0.39 is 11.7 Å². The third kappa shape index (κ3) is 5.66. The van der Waals surface area contributed by atoms with Crippen molar-refractivity contribution in [3.8, 4) is 0 Å². The van der Waals surface area contributed by atoms with Crippen molar-refractivity contribution < 1.29 is 14.3 Å². The van der Waals surface area contributed by atoms with Gasteiger partial charge in [0.1, 0.15) is 5.60 Å². The molecule has 3 N–H and O–H groups in total. The van der Waals surface area contributed by atoms with E-state index in [1.165, 1.54) is 5.56 Å². The molecule has 0 aliphatic heterocycles. The SMILES string of the molecule is CC(C)(C)OC(=O)Nc1ccc(C(=O)NC23CCCC(Nc4ncc(Cl)c(C5=CCc6ccccc65)n4)(C2)C3)cc1. The first-order valence-corrected chi connectivity index (χ1v) is 14.4. The van der Waals surface area contributed by atoms with Crippen molar-refractivity contribution >= 4 is 40.8 Å². The molecule has 0 spiro atoms. The number of ether oxygens (including phenoxy) is 1. The number of benzene rings is 2. The van der Waals surface area contributed by atoms with E-state index in [2.05, 4.69) is 39.1 Å². The maximum Gasteiger partial charge on any atom is 0.412 e. The van der Waals surface area contributed by atoms with Gasteiger partial charge in [0.25, 0.3) is 5.91 Å². The lowest BCUT2D eigenvalue weighted by atomic mass is 9.54. The molecule has 0 atom stereocenters. The fraction of sp³-hybridized carbons (Fsp3) is 0.375. The van der Waals surface area contributed by atoms with Crippen molar-refractivity contribution in [1.82, 2.24) is 15.3 Å². The summed E-state index contributed by atoms with van der Waals surface area (Å²) in [6.07, 6.45) is 8.69. The number of rotatable bonds is 6. The summed E-state index contributed by atoms with van der Waals surface area (Å²) in [5.74, 6) is 0.436. The van der Waals surface area contributed by atoms with E-state index in [-0.39, 0.29) is 17.0 Å². The Bertz CT molecular complexity index is 1540. The van der Waals surface area contributed by atoms with Crippen LogP contribution in [0.2, 0.25) is 5.02 Å². The molecule has 2 aromatic carbocycles. The fourth-order valence-corrected chi connectivity index (χ4v) is 6.66. The number of amides is 2. The predicted octanol–water partition coefficient (Wildman–Crippen LogP) is 6.76. The molecule has 1 aromatic heterocycles. The third-order valence-electron chi connectivity index (χ3n) is 8.05. The Morgan fingerprint density at radius 2 is 1.73 bits per heavy atom. The van der Waals surface area contributed by atoms with Crippen molar-refractivity contribution in [2.75, 3.05) is 10.6 Å². The van der Waals surface area contributed by atoms with Crippen LogP contribution in [0.15, 0.2) is 60.8 Å². The molecule has 8 nitrogen and oxygen atoms in total. The molecule has 9 heteroatoms. The molecular formula is C32H34ClN5O3. The molecule has 0 unspecified atom stereocenters. The second-order valence-corrected chi connectivity index (χ2v) is 12.8. The van der Waals surface area contributed by atoms with Crippen LogP contribution < -0.4 is 16.0 Å². The average molecular weight is 572 g/mol. The molecule has 2 amide bonds. The lowest BCUT2D eigenvalue weighted by molar-refractivity contribution is 0.0272. The molecular weight excluding hydrogens is 538 g/mol. The van der Waals surface area contributed by atoms with Gasteiger partial charge >= 0.3 is 6.09 Å². The summed E-state index contributed by atoms with van der Waals surface area (Å²) >= 11 is 6.56. The molecule has 0 saturated heterocycles. The van der Waals surface area contributed by atoms with E-state index in [0.29, 0.717) is 22.2 Å². The number of fused-ring (bicyclic) bond motifs is 3. The lowest BCUT2D eigenvalue weighted by Gasteiger charge is -2.61. The first-order valence-electron chi connectivity index (χ1n) is 14.0. The number of carbonyl (C=O) groups is 2. The molecule has 1 heterocycles. The normalized spacial score (nSPS) is 22.6. The number of anilines is 2. The smallest absolute Gasteiger partial charge is 0.412 e. The van der Waals surface area contributed by atoms with E-state index in [0.717, 1.165) is 55.4 Å². The topological polar surface area (TPSA) is 105 Å². The third-order valence-corrected chi connectivity index (χ3v) is 8.32. The fourth-order valence-electron chi connectivity index (χ4n) is 6.46. The Morgan fingerprint density at radius 3 is 2.49 bits per heavy atom. The van der Waals surface area contributed by atoms with Gasteiger partial charge in [0.15, 0.2) is 0 Å². The van der Waals surface area contributed by atoms with Crippen LogP contribution in [-0.4, -0.2) is 38.6 Å². The number of halogens is 1. The highest BCUT2D eigenvalue weighted by atomic mass is 35.5. The van der Waals surface area contributed by atoms with Gasteiger partial charge in [-0.05, 0) is 94.7 Å². The Hall–Kier alpha value is -3.91. The molecule has 2 bridgehead atoms. The van der Waals surface area contributed by atoms with Crippen LogP contribution in [0.3, 0.4) is 0 Å². The summed E-state index contributed by atoms with van der Waals surface area (Å²) in [5.41, 5.74) is 4.30. The highest BCUT2D eigenvalue weighted by molar-refractivity contribution is 6.32. The number of nitrogens with zero attached hydrogens (tertiary/aromatic N) is 2. The first kappa shape index (κ1) is 27.3. The average Bonchev–Trinajstić information content (AvgIpc) is 3.33. The Kier molecular flexibility index (Phi) is 6.77. The highest BCUT2D eigenvalue weighted by Crippen LogP contribution is 2.53. The quantitative estimate of drug-likeness (QED) is 0.302. The number of aromatic nitrogens is 2. The van der Waals surface area contributed by atoms with Crippen LogP contribution in [-0.2, 0) is 11.2 Å². The lowest BCUT2D eigenvalue weighted by Crippen LogP contribution is -2.70. The van der Waals surface area contributed by atoms with Gasteiger partial charge in [-0.15, -0.1) is 0 Å². The van der Waals surface area contributed by atoms with Gasteiger partial charge in [0.2, 0.25) is 5.95 Å². The van der Waals surface area contributed by atoms with Crippen molar-refractivity contribution in [2.45, 2.75) is 76.0 Å². The minimum atomic E-state index is -0.586. The predicted molar refractivity (Wildman–Crippen MR) is 160 cm³/mol. The van der Waals surface area contributed by atoms with Crippen LogP contribution in [0, 0.1) is 0 Å². The first-order chi connectivity index (χ1) is 19.5. The van der Waals surface area contributed by atoms with E-state index >= 15 is 0 Å². The Labute approximate surface area is 245 Å². The van der Waals surface area contributed by atoms with Crippen LogP contribution in [0.4, 0.5) is 16.4 Å². The second kappa shape index (κ2) is 10.2. The zero-order valence-electron chi connectivity index (χ0n) is 23.5. The Balaban J connectivity index is 1.10. The molecule has 7 rings (SSSR count). The monoisotopic (exact) mass is 571 g/mol. The van der Waals surface area contributed by atoms with Crippen LogP contribution in [0.5, 0.6) is 0 Å². The van der Waals surface area contributed by atoms with Crippen molar-refractivity contribution in [2.24, 2.45) is 0 Å². The molecule has 3 saturated carbocycles. The summed E-state index contributed by atoms with van der Waals surface area (Å²) < 4.78 is 5.29. The summed E-state index contributed by atoms with van der Waals surface area (Å²) in [6, 6.07) is 15.2. The minimum Gasteiger partial charge on any atom is -0.444 e. The summed E-state index contributed by atoms with van der Waals surface area (Å²) in [4.78, 5) is 34.5. The maximum absolute atomic E-state index is 13.2. The number of allylic oxidation sites excluding steroid dienone is 1. The van der Waals surface area contributed by atoms with Crippen molar-refractivity contribution in [1.29, 1.82) is 0 Å². The Morgan fingerprint density at radius 1 is 1.00 bits per heavy atom.